The second-order valence-corrected chi connectivity index (χ2v) is 11.7. The van der Waals surface area contributed by atoms with Crippen LogP contribution in [0.3, 0.4) is 0 Å². The molecular formula is C17H24ClF3NOPS. The predicted octanol–water partition coefficient (Wildman–Crippen LogP) is 6.50. The Hall–Kier alpha value is -0.450. The first kappa shape index (κ1) is 22.6. The van der Waals surface area contributed by atoms with Crippen molar-refractivity contribution < 1.29 is 18.0 Å². The van der Waals surface area contributed by atoms with Crippen LogP contribution in [0.25, 0.3) is 0 Å². The third kappa shape index (κ3) is 8.19. The minimum atomic E-state index is -4.81. The largest absolute Gasteiger partial charge is 0.471 e. The molecule has 0 N–H and O–H groups in total. The summed E-state index contributed by atoms with van der Waals surface area (Å²) in [6.45, 7) is 5.35. The quantitative estimate of drug-likeness (QED) is 0.423. The zero-order valence-corrected chi connectivity index (χ0v) is 17.1. The lowest BCUT2D eigenvalue weighted by Gasteiger charge is -2.25. The normalized spacial score (nSPS) is 17.4. The van der Waals surface area contributed by atoms with Crippen LogP contribution in [-0.4, -0.2) is 36.7 Å². The molecule has 2 unspecified atom stereocenters. The Bertz CT molecular complexity index is 547. The molecule has 1 aliphatic rings. The Morgan fingerprint density at radius 3 is 2.64 bits per heavy atom. The van der Waals surface area contributed by atoms with Gasteiger partial charge in [-0.15, -0.1) is 0 Å². The molecule has 0 saturated heterocycles. The van der Waals surface area contributed by atoms with Crippen LogP contribution in [0.2, 0.25) is 0 Å². The fraction of sp³-hybridized carbons (Fsp3) is 0.588. The van der Waals surface area contributed by atoms with Crippen molar-refractivity contribution in [2.45, 2.75) is 39.3 Å². The summed E-state index contributed by atoms with van der Waals surface area (Å²) < 4.78 is 38.0. The first-order valence-electron chi connectivity index (χ1n) is 8.16. The van der Waals surface area contributed by atoms with Crippen molar-refractivity contribution in [3.63, 3.8) is 0 Å². The number of rotatable bonds is 8. The number of amides is 1. The van der Waals surface area contributed by atoms with Crippen LogP contribution in [0, 0.1) is 5.92 Å². The van der Waals surface area contributed by atoms with Crippen LogP contribution >= 0.6 is 29.1 Å². The lowest BCUT2D eigenvalue weighted by molar-refractivity contribution is -0.185. The second kappa shape index (κ2) is 10.6. The van der Waals surface area contributed by atoms with E-state index in [9.17, 15) is 18.0 Å². The average molecular weight is 414 g/mol. The maximum atomic E-state index is 12.7. The van der Waals surface area contributed by atoms with Crippen LogP contribution in [0.15, 0.2) is 34.8 Å². The highest BCUT2D eigenvalue weighted by Gasteiger charge is 2.42. The lowest BCUT2D eigenvalue weighted by atomic mass is 9.94. The molecule has 1 rings (SSSR count). The van der Waals surface area contributed by atoms with Crippen molar-refractivity contribution in [2.24, 2.45) is 5.92 Å². The number of carbonyl (C=O) groups excluding carboxylic acids is 1. The second-order valence-electron chi connectivity index (χ2n) is 5.91. The molecule has 0 saturated carbocycles. The molecule has 0 aromatic carbocycles. The van der Waals surface area contributed by atoms with E-state index < -0.39 is 18.6 Å². The lowest BCUT2D eigenvalue weighted by Crippen LogP contribution is -2.42. The third-order valence-corrected chi connectivity index (χ3v) is 6.56. The fourth-order valence-corrected chi connectivity index (χ4v) is 5.02. The summed E-state index contributed by atoms with van der Waals surface area (Å²) in [5, 5.41) is 0. The summed E-state index contributed by atoms with van der Waals surface area (Å²) in [6, 6.07) is 0. The third-order valence-electron chi connectivity index (χ3n) is 3.82. The van der Waals surface area contributed by atoms with E-state index in [0.29, 0.717) is 12.8 Å². The van der Waals surface area contributed by atoms with Gasteiger partial charge in [-0.1, -0.05) is 60.3 Å². The molecule has 0 aromatic rings. The number of nitrogens with zero attached hydrogens (tertiary/aromatic N) is 1. The van der Waals surface area contributed by atoms with Gasteiger partial charge in [0.15, 0.2) is 0 Å². The van der Waals surface area contributed by atoms with Gasteiger partial charge in [0.1, 0.15) is 0 Å². The van der Waals surface area contributed by atoms with Crippen molar-refractivity contribution in [2.75, 3.05) is 19.8 Å². The summed E-state index contributed by atoms with van der Waals surface area (Å²) >= 11 is 7.66. The van der Waals surface area contributed by atoms with Gasteiger partial charge in [-0.05, 0) is 37.9 Å². The van der Waals surface area contributed by atoms with Crippen molar-refractivity contribution in [3.05, 3.63) is 34.8 Å². The van der Waals surface area contributed by atoms with Gasteiger partial charge in [-0.3, -0.25) is 4.79 Å². The maximum Gasteiger partial charge on any atom is 0.471 e. The molecule has 0 aromatic heterocycles. The SMILES string of the molecule is CCCN(CCC(C)C1=CC=C(SP(C)Cl)C=CC1)C(=O)C(F)(F)F. The van der Waals surface area contributed by atoms with E-state index >= 15 is 0 Å². The smallest absolute Gasteiger partial charge is 0.335 e. The predicted molar refractivity (Wildman–Crippen MR) is 103 cm³/mol. The summed E-state index contributed by atoms with van der Waals surface area (Å²) in [5.41, 5.74) is 1.15. The number of carbonyl (C=O) groups is 1. The Morgan fingerprint density at radius 2 is 2.08 bits per heavy atom. The highest BCUT2D eigenvalue weighted by atomic mass is 35.7. The number of allylic oxidation sites excluding steroid dienone is 5. The highest BCUT2D eigenvalue weighted by molar-refractivity contribution is 8.64. The molecule has 1 aliphatic carbocycles. The molecule has 0 fully saturated rings. The summed E-state index contributed by atoms with van der Waals surface area (Å²) in [4.78, 5) is 13.5. The van der Waals surface area contributed by atoms with E-state index in [1.54, 1.807) is 18.3 Å². The minimum Gasteiger partial charge on any atom is -0.335 e. The van der Waals surface area contributed by atoms with E-state index in [1.165, 1.54) is 0 Å². The number of alkyl halides is 3. The van der Waals surface area contributed by atoms with Crippen LogP contribution in [0.5, 0.6) is 0 Å². The molecule has 2 nitrogen and oxygen atoms in total. The van der Waals surface area contributed by atoms with Gasteiger partial charge in [-0.2, -0.15) is 13.2 Å². The van der Waals surface area contributed by atoms with Gasteiger partial charge >= 0.3 is 12.1 Å². The maximum absolute atomic E-state index is 12.7. The van der Waals surface area contributed by atoms with Crippen LogP contribution in [-0.2, 0) is 4.79 Å². The number of hydrogen-bond donors (Lipinski definition) is 0. The molecular weight excluding hydrogens is 390 g/mol. The van der Waals surface area contributed by atoms with E-state index in [2.05, 4.69) is 6.08 Å². The Labute approximate surface area is 157 Å². The Morgan fingerprint density at radius 1 is 1.40 bits per heavy atom. The molecule has 0 radical (unpaired) electrons. The molecule has 0 aliphatic heterocycles. The molecule has 0 spiro atoms. The van der Waals surface area contributed by atoms with Crippen LogP contribution < -0.4 is 0 Å². The zero-order valence-electron chi connectivity index (χ0n) is 14.6. The first-order valence-corrected chi connectivity index (χ1v) is 12.3. The molecule has 0 bridgehead atoms. The topological polar surface area (TPSA) is 20.3 Å². The van der Waals surface area contributed by atoms with Crippen LogP contribution in [0.1, 0.15) is 33.1 Å². The monoisotopic (exact) mass is 413 g/mol. The van der Waals surface area contributed by atoms with E-state index in [-0.39, 0.29) is 19.0 Å². The Kier molecular flexibility index (Phi) is 9.61. The summed E-state index contributed by atoms with van der Waals surface area (Å²) in [6.07, 6.45) is 5.07. The standard InChI is InChI=1S/C17H24ClF3NOPS/c1-4-11-22(16(23)17(19,20)21)12-10-13(2)14-6-5-7-15(9-8-14)25-24(3)18/h5,7-9,13H,4,6,10-12H2,1-3H3. The van der Waals surface area contributed by atoms with E-state index in [0.717, 1.165) is 21.8 Å². The molecule has 25 heavy (non-hydrogen) atoms. The van der Waals surface area contributed by atoms with Gasteiger partial charge in [0.2, 0.25) is 0 Å². The number of hydrogen-bond acceptors (Lipinski definition) is 2. The van der Waals surface area contributed by atoms with Gasteiger partial charge in [0.25, 0.3) is 0 Å². The molecule has 2 atom stereocenters. The molecule has 0 heterocycles. The van der Waals surface area contributed by atoms with Crippen molar-refractivity contribution in [1.29, 1.82) is 0 Å². The van der Waals surface area contributed by atoms with E-state index in [1.807, 2.05) is 31.8 Å². The van der Waals surface area contributed by atoms with Gasteiger partial charge < -0.3 is 4.90 Å². The van der Waals surface area contributed by atoms with Crippen molar-refractivity contribution in [1.82, 2.24) is 4.90 Å². The Balaban J connectivity index is 2.69. The molecule has 1 amide bonds. The van der Waals surface area contributed by atoms with Crippen molar-refractivity contribution >= 4 is 35.0 Å². The first-order chi connectivity index (χ1) is 11.6. The number of halogens is 4. The van der Waals surface area contributed by atoms with Gasteiger partial charge in [-0.25, -0.2) is 0 Å². The zero-order chi connectivity index (χ0) is 19.0. The highest BCUT2D eigenvalue weighted by Crippen LogP contribution is 2.55. The molecule has 8 heteroatoms. The fourth-order valence-electron chi connectivity index (χ4n) is 2.49. The van der Waals surface area contributed by atoms with Gasteiger partial charge in [0.05, 0.1) is 6.48 Å². The van der Waals surface area contributed by atoms with Crippen molar-refractivity contribution in [3.8, 4) is 0 Å². The minimum absolute atomic E-state index is 0.102. The van der Waals surface area contributed by atoms with Crippen LogP contribution in [0.4, 0.5) is 13.2 Å². The summed E-state index contributed by atoms with van der Waals surface area (Å²) in [7, 11) is 0. The van der Waals surface area contributed by atoms with E-state index in [4.69, 9.17) is 11.2 Å². The molecule has 142 valence electrons. The average Bonchev–Trinajstić information content (AvgIpc) is 2.74. The summed E-state index contributed by atoms with van der Waals surface area (Å²) in [5.74, 6) is -1.64. The van der Waals surface area contributed by atoms with Gasteiger partial charge in [0, 0.05) is 18.0 Å².